The van der Waals surface area contributed by atoms with Crippen molar-refractivity contribution in [3.05, 3.63) is 39.9 Å². The van der Waals surface area contributed by atoms with Gasteiger partial charge in [-0.05, 0) is 62.4 Å². The highest BCUT2D eigenvalue weighted by Crippen LogP contribution is 2.31. The van der Waals surface area contributed by atoms with E-state index >= 15 is 0 Å². The molecule has 1 aliphatic heterocycles. The minimum atomic E-state index is -1.43. The lowest BCUT2D eigenvalue weighted by Gasteiger charge is -2.28. The van der Waals surface area contributed by atoms with Gasteiger partial charge in [0.1, 0.15) is 23.2 Å². The number of halogens is 3. The number of likely N-dealkylation sites (tertiary alicyclic amines) is 1. The first-order chi connectivity index (χ1) is 16.7. The van der Waals surface area contributed by atoms with E-state index in [-0.39, 0.29) is 22.4 Å². The molecule has 2 amide bonds. The quantitative estimate of drug-likeness (QED) is 0.321. The summed E-state index contributed by atoms with van der Waals surface area (Å²) in [6, 6.07) is 1.17. The number of aliphatic hydroxyl groups is 1. The second-order valence-corrected chi connectivity index (χ2v) is 9.38. The molecule has 35 heavy (non-hydrogen) atoms. The Morgan fingerprint density at radius 3 is 2.57 bits per heavy atom. The number of β-amino-alcohol motifs (C(OH)–C–C–N with tert-alkyl or cyclic N) is 1. The minimum Gasteiger partial charge on any atom is -0.477 e. The number of carbonyl (C=O) groups is 2. The number of anilines is 1. The van der Waals surface area contributed by atoms with Crippen molar-refractivity contribution in [2.75, 3.05) is 31.5 Å². The van der Waals surface area contributed by atoms with E-state index < -0.39 is 47.5 Å². The first-order valence-electron chi connectivity index (χ1n) is 11.2. The largest absolute Gasteiger partial charge is 0.477 e. The fourth-order valence-corrected chi connectivity index (χ4v) is 4.63. The van der Waals surface area contributed by atoms with Crippen LogP contribution in [0.25, 0.3) is 0 Å². The van der Waals surface area contributed by atoms with Crippen molar-refractivity contribution in [3.63, 3.8) is 0 Å². The predicted octanol–water partition coefficient (Wildman–Crippen LogP) is 4.10. The van der Waals surface area contributed by atoms with Crippen molar-refractivity contribution in [2.45, 2.75) is 44.8 Å². The number of urea groups is 1. The summed E-state index contributed by atoms with van der Waals surface area (Å²) in [5, 5.41) is 24.5. The number of nitrogens with one attached hydrogen (secondary N) is 2. The number of piperidine rings is 1. The third-order valence-corrected chi connectivity index (χ3v) is 6.44. The van der Waals surface area contributed by atoms with Gasteiger partial charge >= 0.3 is 12.0 Å². The summed E-state index contributed by atoms with van der Waals surface area (Å²) in [5.41, 5.74) is -0.870. The fraction of sp³-hybridized carbons (Fsp3) is 0.500. The summed E-state index contributed by atoms with van der Waals surface area (Å²) in [6.07, 6.45) is 4.10. The molecule has 0 saturated carbocycles. The van der Waals surface area contributed by atoms with Crippen LogP contribution < -0.4 is 15.4 Å². The van der Waals surface area contributed by atoms with Crippen LogP contribution in [0.3, 0.4) is 0 Å². The van der Waals surface area contributed by atoms with Gasteiger partial charge in [-0.15, -0.1) is 0 Å². The van der Waals surface area contributed by atoms with Gasteiger partial charge in [0, 0.05) is 18.1 Å². The molecule has 2 heterocycles. The molecule has 0 spiro atoms. The van der Waals surface area contributed by atoms with E-state index in [9.17, 15) is 28.6 Å². The summed E-state index contributed by atoms with van der Waals surface area (Å²) in [5.74, 6) is -3.70. The number of carboxylic acid groups (broad SMARTS) is 1. The Morgan fingerprint density at radius 2 is 1.91 bits per heavy atom. The Morgan fingerprint density at radius 1 is 1.23 bits per heavy atom. The van der Waals surface area contributed by atoms with E-state index in [1.807, 2.05) is 0 Å². The van der Waals surface area contributed by atoms with Gasteiger partial charge in [-0.25, -0.2) is 18.4 Å². The van der Waals surface area contributed by atoms with Crippen LogP contribution in [0.4, 0.5) is 18.6 Å². The first-order valence-corrected chi connectivity index (χ1v) is 12.3. The molecular formula is C22H27ClF2N4O5S. The maximum Gasteiger partial charge on any atom is 0.344 e. The van der Waals surface area contributed by atoms with Crippen LogP contribution in [0.2, 0.25) is 5.02 Å². The number of carboxylic acids is 1. The zero-order chi connectivity index (χ0) is 25.4. The van der Waals surface area contributed by atoms with Crippen LogP contribution in [0.5, 0.6) is 5.88 Å². The van der Waals surface area contributed by atoms with Crippen LogP contribution >= 0.6 is 23.1 Å². The smallest absolute Gasteiger partial charge is 0.344 e. The number of ether oxygens (including phenoxy) is 1. The molecule has 1 unspecified atom stereocenters. The van der Waals surface area contributed by atoms with Crippen molar-refractivity contribution < 1.29 is 33.3 Å². The summed E-state index contributed by atoms with van der Waals surface area (Å²) < 4.78 is 37.0. The number of amides is 2. The number of aromatic carboxylic acids is 1. The number of rotatable bonds is 11. The molecule has 1 saturated heterocycles. The number of nitrogens with zero attached hydrogens (tertiary/aromatic N) is 2. The second kappa shape index (κ2) is 13.0. The number of hydrogen-bond acceptors (Lipinski definition) is 7. The molecule has 1 fully saturated rings. The molecule has 0 bridgehead atoms. The number of aromatic nitrogens is 1. The first kappa shape index (κ1) is 27.1. The van der Waals surface area contributed by atoms with Crippen LogP contribution in [-0.4, -0.2) is 63.8 Å². The highest BCUT2D eigenvalue weighted by Gasteiger charge is 2.24. The summed E-state index contributed by atoms with van der Waals surface area (Å²) in [6.45, 7) is 2.26. The fourth-order valence-electron chi connectivity index (χ4n) is 3.72. The standard InChI is InChI=1S/C22H27ClF2N4O5S/c23-13-9-16(24)15(17(25)10-13)12-34-19-18(21(31)32)20(35-28-19)27-22(33)26-6-4-5-14(30)11-29-7-2-1-3-8-29/h9-10,14,30H,1-8,11-12H2,(H,31,32)(H2,26,27,33). The van der Waals surface area contributed by atoms with E-state index in [2.05, 4.69) is 19.9 Å². The third-order valence-electron chi connectivity index (χ3n) is 5.48. The number of hydrogen-bond donors (Lipinski definition) is 4. The topological polar surface area (TPSA) is 124 Å². The maximum absolute atomic E-state index is 13.9. The molecule has 0 radical (unpaired) electrons. The Balaban J connectivity index is 1.48. The SMILES string of the molecule is O=C(NCCCC(O)CN1CCCCC1)Nc1snc(OCc2c(F)cc(Cl)cc2F)c1C(=O)O. The molecule has 9 nitrogen and oxygen atoms in total. The summed E-state index contributed by atoms with van der Waals surface area (Å²) in [4.78, 5) is 26.1. The Bertz CT molecular complexity index is 1010. The Hall–Kier alpha value is -2.54. The molecule has 0 aliphatic carbocycles. The maximum atomic E-state index is 13.9. The van der Waals surface area contributed by atoms with E-state index in [0.29, 0.717) is 30.9 Å². The van der Waals surface area contributed by atoms with Crippen molar-refractivity contribution in [2.24, 2.45) is 0 Å². The zero-order valence-electron chi connectivity index (χ0n) is 18.9. The van der Waals surface area contributed by atoms with Gasteiger partial charge in [-0.2, -0.15) is 4.37 Å². The van der Waals surface area contributed by atoms with Gasteiger partial charge in [-0.3, -0.25) is 5.32 Å². The molecule has 3 rings (SSSR count). The molecule has 1 aromatic carbocycles. The van der Waals surface area contributed by atoms with E-state index in [1.54, 1.807) is 0 Å². The third kappa shape index (κ3) is 7.99. The lowest BCUT2D eigenvalue weighted by atomic mass is 10.1. The van der Waals surface area contributed by atoms with E-state index in [1.165, 1.54) is 6.42 Å². The van der Waals surface area contributed by atoms with Gasteiger partial charge in [-0.1, -0.05) is 18.0 Å². The molecule has 2 aromatic rings. The highest BCUT2D eigenvalue weighted by atomic mass is 35.5. The molecular weight excluding hydrogens is 506 g/mol. The lowest BCUT2D eigenvalue weighted by Crippen LogP contribution is -2.37. The Labute approximate surface area is 210 Å². The molecule has 4 N–H and O–H groups in total. The molecule has 1 aromatic heterocycles. The Kier molecular flexibility index (Phi) is 10.0. The lowest BCUT2D eigenvalue weighted by molar-refractivity contribution is 0.0692. The van der Waals surface area contributed by atoms with E-state index in [0.717, 1.165) is 38.1 Å². The predicted molar refractivity (Wildman–Crippen MR) is 127 cm³/mol. The van der Waals surface area contributed by atoms with E-state index in [4.69, 9.17) is 16.3 Å². The van der Waals surface area contributed by atoms with Crippen molar-refractivity contribution in [1.29, 1.82) is 0 Å². The van der Waals surface area contributed by atoms with Gasteiger partial charge in [0.05, 0.1) is 11.7 Å². The second-order valence-electron chi connectivity index (χ2n) is 8.17. The van der Waals surface area contributed by atoms with Crippen LogP contribution in [0.15, 0.2) is 12.1 Å². The van der Waals surface area contributed by atoms with Gasteiger partial charge in [0.15, 0.2) is 5.56 Å². The molecule has 192 valence electrons. The molecule has 13 heteroatoms. The van der Waals surface area contributed by atoms with Crippen LogP contribution in [0.1, 0.15) is 48.0 Å². The average molecular weight is 533 g/mol. The summed E-state index contributed by atoms with van der Waals surface area (Å²) >= 11 is 6.25. The van der Waals surface area contributed by atoms with Gasteiger partial charge in [0.25, 0.3) is 0 Å². The van der Waals surface area contributed by atoms with Gasteiger partial charge in [0.2, 0.25) is 5.88 Å². The minimum absolute atomic E-state index is 0.0906. The number of carbonyl (C=O) groups excluding carboxylic acids is 1. The van der Waals surface area contributed by atoms with Gasteiger partial charge < -0.3 is 25.2 Å². The monoisotopic (exact) mass is 532 g/mol. The van der Waals surface area contributed by atoms with Crippen LogP contribution in [-0.2, 0) is 6.61 Å². The van der Waals surface area contributed by atoms with Crippen molar-refractivity contribution in [1.82, 2.24) is 14.6 Å². The summed E-state index contributed by atoms with van der Waals surface area (Å²) in [7, 11) is 0. The van der Waals surface area contributed by atoms with Crippen molar-refractivity contribution in [3.8, 4) is 5.88 Å². The van der Waals surface area contributed by atoms with Crippen molar-refractivity contribution >= 4 is 40.1 Å². The molecule has 1 aliphatic rings. The highest BCUT2D eigenvalue weighted by molar-refractivity contribution is 7.11. The normalized spacial score (nSPS) is 15.0. The zero-order valence-corrected chi connectivity index (χ0v) is 20.4. The average Bonchev–Trinajstić information content (AvgIpc) is 3.19. The van der Waals surface area contributed by atoms with Crippen LogP contribution in [0, 0.1) is 11.6 Å². The number of aliphatic hydroxyl groups excluding tert-OH is 1. The molecule has 1 atom stereocenters. The number of benzene rings is 1.